The summed E-state index contributed by atoms with van der Waals surface area (Å²) in [7, 11) is -1.16. The maximum absolute atomic E-state index is 12.7. The van der Waals surface area contributed by atoms with Crippen molar-refractivity contribution in [3.8, 4) is 0 Å². The summed E-state index contributed by atoms with van der Waals surface area (Å²) in [5.41, 5.74) is 5.03. The Balaban J connectivity index is 2.44. The average Bonchev–Trinajstić information content (AvgIpc) is 2.47. The molecule has 0 unspecified atom stereocenters. The molecule has 0 spiro atoms. The van der Waals surface area contributed by atoms with Crippen LogP contribution in [0.4, 0.5) is 0 Å². The largest absolute Gasteiger partial charge is 0.249 e. The SMILES string of the molecule is C=C=C[C@@H](C)c1ccccc1[S@@](=O)c1ccc(C)cc1. The van der Waals surface area contributed by atoms with E-state index in [1.165, 1.54) is 5.56 Å². The van der Waals surface area contributed by atoms with E-state index in [0.717, 1.165) is 15.4 Å². The first-order valence-electron chi connectivity index (χ1n) is 6.57. The van der Waals surface area contributed by atoms with Crippen molar-refractivity contribution in [1.29, 1.82) is 0 Å². The molecule has 2 atom stereocenters. The molecule has 2 aromatic carbocycles. The molecule has 0 fully saturated rings. The first-order chi connectivity index (χ1) is 9.63. The highest BCUT2D eigenvalue weighted by Gasteiger charge is 2.14. The van der Waals surface area contributed by atoms with E-state index in [0.29, 0.717) is 0 Å². The predicted octanol–water partition coefficient (Wildman–Crippen LogP) is 4.61. The van der Waals surface area contributed by atoms with E-state index in [4.69, 9.17) is 0 Å². The Labute approximate surface area is 123 Å². The molecule has 0 amide bonds. The lowest BCUT2D eigenvalue weighted by Crippen LogP contribution is -2.00. The fraction of sp³-hybridized carbons (Fsp3) is 0.167. The van der Waals surface area contributed by atoms with Crippen LogP contribution in [0.1, 0.15) is 24.0 Å². The zero-order valence-electron chi connectivity index (χ0n) is 11.8. The summed E-state index contributed by atoms with van der Waals surface area (Å²) in [5, 5.41) is 0. The van der Waals surface area contributed by atoms with Crippen LogP contribution >= 0.6 is 0 Å². The van der Waals surface area contributed by atoms with E-state index in [9.17, 15) is 4.21 Å². The molecule has 0 aliphatic heterocycles. The molecule has 1 nitrogen and oxygen atoms in total. The molecule has 0 aliphatic rings. The lowest BCUT2D eigenvalue weighted by atomic mass is 10.0. The van der Waals surface area contributed by atoms with Crippen molar-refractivity contribution in [3.63, 3.8) is 0 Å². The zero-order valence-corrected chi connectivity index (χ0v) is 12.6. The third-order valence-corrected chi connectivity index (χ3v) is 4.68. The van der Waals surface area contributed by atoms with Gasteiger partial charge < -0.3 is 0 Å². The Bertz CT molecular complexity index is 664. The first kappa shape index (κ1) is 14.5. The third kappa shape index (κ3) is 3.16. The minimum absolute atomic E-state index is 0.151. The Morgan fingerprint density at radius 2 is 1.80 bits per heavy atom. The predicted molar refractivity (Wildman–Crippen MR) is 84.4 cm³/mol. The summed E-state index contributed by atoms with van der Waals surface area (Å²) in [6, 6.07) is 15.7. The number of benzene rings is 2. The van der Waals surface area contributed by atoms with Crippen LogP contribution in [0.15, 0.2) is 76.7 Å². The Morgan fingerprint density at radius 1 is 1.15 bits per heavy atom. The smallest absolute Gasteiger partial charge is 0.0852 e. The maximum atomic E-state index is 12.7. The standard InChI is InChI=1S/C18H18OS/c1-4-7-15(3)17-8-5-6-9-18(17)20(19)16-12-10-14(2)11-13-16/h5-13,15H,1H2,2-3H3/t15-,20+/m1/s1. The fourth-order valence-electron chi connectivity index (χ4n) is 2.08. The summed E-state index contributed by atoms with van der Waals surface area (Å²) in [6.07, 6.45) is 1.89. The minimum atomic E-state index is -1.16. The van der Waals surface area contributed by atoms with Gasteiger partial charge in [-0.2, -0.15) is 0 Å². The van der Waals surface area contributed by atoms with Gasteiger partial charge in [-0.1, -0.05) is 49.4 Å². The van der Waals surface area contributed by atoms with Crippen molar-refractivity contribution in [3.05, 3.63) is 78.0 Å². The van der Waals surface area contributed by atoms with Crippen molar-refractivity contribution in [2.75, 3.05) is 0 Å². The van der Waals surface area contributed by atoms with Gasteiger partial charge in [-0.05, 0) is 36.8 Å². The van der Waals surface area contributed by atoms with Crippen LogP contribution in [0.5, 0.6) is 0 Å². The van der Waals surface area contributed by atoms with Gasteiger partial charge in [0, 0.05) is 15.7 Å². The molecular weight excluding hydrogens is 264 g/mol. The minimum Gasteiger partial charge on any atom is -0.249 e. The Kier molecular flexibility index (Phi) is 4.73. The molecule has 0 N–H and O–H groups in total. The topological polar surface area (TPSA) is 17.1 Å². The summed E-state index contributed by atoms with van der Waals surface area (Å²) in [6.45, 7) is 7.70. The molecule has 0 heterocycles. The summed E-state index contributed by atoms with van der Waals surface area (Å²) in [5.74, 6) is 0.151. The highest BCUT2D eigenvalue weighted by atomic mass is 32.2. The molecule has 0 saturated heterocycles. The monoisotopic (exact) mass is 282 g/mol. The van der Waals surface area contributed by atoms with Gasteiger partial charge in [0.25, 0.3) is 0 Å². The number of rotatable bonds is 4. The van der Waals surface area contributed by atoms with E-state index < -0.39 is 10.8 Å². The highest BCUT2D eigenvalue weighted by molar-refractivity contribution is 7.85. The Hall–Kier alpha value is -1.89. The van der Waals surface area contributed by atoms with Crippen molar-refractivity contribution < 1.29 is 4.21 Å². The quantitative estimate of drug-likeness (QED) is 0.749. The molecule has 0 aliphatic carbocycles. The number of hydrogen-bond donors (Lipinski definition) is 0. The second-order valence-electron chi connectivity index (χ2n) is 4.78. The summed E-state index contributed by atoms with van der Waals surface area (Å²) >= 11 is 0. The van der Waals surface area contributed by atoms with E-state index >= 15 is 0 Å². The van der Waals surface area contributed by atoms with Crippen LogP contribution in [0.25, 0.3) is 0 Å². The second-order valence-corrected chi connectivity index (χ2v) is 6.23. The lowest BCUT2D eigenvalue weighted by Gasteiger charge is -2.12. The average molecular weight is 282 g/mol. The van der Waals surface area contributed by atoms with Crippen LogP contribution in [0.2, 0.25) is 0 Å². The van der Waals surface area contributed by atoms with Crippen molar-refractivity contribution in [2.24, 2.45) is 0 Å². The normalized spacial score (nSPS) is 13.3. The molecule has 0 radical (unpaired) electrons. The van der Waals surface area contributed by atoms with Gasteiger partial charge in [0.2, 0.25) is 0 Å². The Morgan fingerprint density at radius 3 is 2.45 bits per heavy atom. The van der Waals surface area contributed by atoms with Gasteiger partial charge in [0.05, 0.1) is 10.8 Å². The van der Waals surface area contributed by atoms with Gasteiger partial charge in [-0.15, -0.1) is 5.73 Å². The molecule has 102 valence electrons. The number of aryl methyl sites for hydroxylation is 1. The van der Waals surface area contributed by atoms with Crippen LogP contribution < -0.4 is 0 Å². The van der Waals surface area contributed by atoms with Crippen LogP contribution in [-0.4, -0.2) is 4.21 Å². The van der Waals surface area contributed by atoms with Gasteiger partial charge in [0.15, 0.2) is 0 Å². The molecule has 2 rings (SSSR count). The number of hydrogen-bond acceptors (Lipinski definition) is 1. The van der Waals surface area contributed by atoms with Crippen LogP contribution in [0, 0.1) is 6.92 Å². The number of allylic oxidation sites excluding steroid dienone is 1. The highest BCUT2D eigenvalue weighted by Crippen LogP contribution is 2.26. The van der Waals surface area contributed by atoms with Crippen molar-refractivity contribution in [1.82, 2.24) is 0 Å². The van der Waals surface area contributed by atoms with Gasteiger partial charge in [0.1, 0.15) is 0 Å². The zero-order chi connectivity index (χ0) is 14.5. The molecule has 20 heavy (non-hydrogen) atoms. The molecule has 2 aromatic rings. The van der Waals surface area contributed by atoms with E-state index in [1.54, 1.807) is 0 Å². The van der Waals surface area contributed by atoms with E-state index in [1.807, 2.05) is 61.5 Å². The molecule has 0 bridgehead atoms. The summed E-state index contributed by atoms with van der Waals surface area (Å²) < 4.78 is 12.7. The first-order valence-corrected chi connectivity index (χ1v) is 7.72. The molecule has 2 heteroatoms. The fourth-order valence-corrected chi connectivity index (χ4v) is 3.39. The van der Waals surface area contributed by atoms with Crippen LogP contribution in [-0.2, 0) is 10.8 Å². The van der Waals surface area contributed by atoms with Crippen molar-refractivity contribution in [2.45, 2.75) is 29.6 Å². The van der Waals surface area contributed by atoms with Gasteiger partial charge in [-0.3, -0.25) is 0 Å². The molecule has 0 aromatic heterocycles. The van der Waals surface area contributed by atoms with E-state index in [2.05, 4.69) is 19.2 Å². The van der Waals surface area contributed by atoms with E-state index in [-0.39, 0.29) is 5.92 Å². The molecular formula is C18H18OS. The van der Waals surface area contributed by atoms with Gasteiger partial charge >= 0.3 is 0 Å². The third-order valence-electron chi connectivity index (χ3n) is 3.21. The lowest BCUT2D eigenvalue weighted by molar-refractivity contribution is 0.681. The van der Waals surface area contributed by atoms with Crippen molar-refractivity contribution >= 4 is 10.8 Å². The summed E-state index contributed by atoms with van der Waals surface area (Å²) in [4.78, 5) is 1.69. The second kappa shape index (κ2) is 6.51. The molecule has 0 saturated carbocycles. The van der Waals surface area contributed by atoms with Crippen LogP contribution in [0.3, 0.4) is 0 Å². The van der Waals surface area contributed by atoms with Gasteiger partial charge in [-0.25, -0.2) is 4.21 Å². The maximum Gasteiger partial charge on any atom is 0.0852 e.